The van der Waals surface area contributed by atoms with E-state index in [0.717, 1.165) is 22.4 Å². The molecule has 25 heteroatoms. The average molecular weight is 1480 g/mol. The summed E-state index contributed by atoms with van der Waals surface area (Å²) in [6.45, 7) is 4.05. The van der Waals surface area contributed by atoms with E-state index in [-0.39, 0.29) is 204 Å². The number of nitrogens with zero attached hydrogens (tertiary/aromatic N) is 1. The summed E-state index contributed by atoms with van der Waals surface area (Å²) in [6, 6.07) is 3.97. The molecule has 0 aliphatic carbocycles. The van der Waals surface area contributed by atoms with Crippen LogP contribution in [-0.2, 0) is 125 Å². The number of benzene rings is 1. The van der Waals surface area contributed by atoms with E-state index in [1.54, 1.807) is 19.4 Å². The Bertz CT molecular complexity index is 420. The molecule has 0 saturated heterocycles. The van der Waals surface area contributed by atoms with Crippen molar-refractivity contribution in [2.75, 3.05) is 0 Å². The third-order valence-corrected chi connectivity index (χ3v) is 2.20. The molecule has 1 rings (SSSR count). The average Bonchev–Trinajstić information content (AvgIpc) is 2.03. The first-order valence-corrected chi connectivity index (χ1v) is 4.50. The van der Waals surface area contributed by atoms with Gasteiger partial charge in [-0.05, 0) is 0 Å². The normalized spacial score (nSPS) is 2.97. The minimum absolute atomic E-state index is 0. The monoisotopic (exact) mass is 1480 g/mol. The maximum absolute atomic E-state index is 5.30. The molecule has 0 fully saturated rings. The largest absolute Gasteiger partial charge is 0.412 e. The first-order valence-electron chi connectivity index (χ1n) is 3.60. The van der Waals surface area contributed by atoms with Gasteiger partial charge >= 0.3 is 83.5 Å². The topological polar surface area (TPSA) is 571 Å². The van der Waals surface area contributed by atoms with Crippen molar-refractivity contribution in [2.24, 2.45) is 0 Å². The van der Waals surface area contributed by atoms with E-state index < -0.39 is 0 Å². The molecule has 1 aromatic rings. The number of aryl methyl sites for hydroxylation is 2. The molecule has 233 valence electrons. The van der Waals surface area contributed by atoms with Crippen LogP contribution in [0.15, 0.2) is 12.1 Å². The van der Waals surface area contributed by atoms with E-state index in [1.165, 1.54) is 0 Å². The maximum atomic E-state index is 5.30. The zero-order valence-corrected chi connectivity index (χ0v) is 34.8. The molecule has 0 heterocycles. The molecule has 0 atom stereocenters. The molecule has 1 aromatic carbocycles. The molecule has 0 radical (unpaired) electrons. The van der Waals surface area contributed by atoms with E-state index >= 15 is 0 Å². The van der Waals surface area contributed by atoms with E-state index in [2.05, 4.69) is 9.23 Å². The van der Waals surface area contributed by atoms with Crippen LogP contribution < -0.4 is 0 Å². The summed E-state index contributed by atoms with van der Waals surface area (Å²) in [5.74, 6) is 2.62. The molecular formula is C10H45MoNO18W5+. The van der Waals surface area contributed by atoms with Crippen molar-refractivity contribution in [1.82, 2.24) is 0 Å². The Kier molecular flexibility index (Phi) is 960. The Morgan fingerprint density at radius 2 is 0.686 bits per heavy atom. The Morgan fingerprint density at radius 3 is 0.800 bits per heavy atom. The number of hydrogen-bond donors (Lipinski definition) is 0. The van der Waals surface area contributed by atoms with Gasteiger partial charge < -0.3 is 98.6 Å². The summed E-state index contributed by atoms with van der Waals surface area (Å²) < 4.78 is 4.19. The molecule has 36 N–H and O–H groups in total. The van der Waals surface area contributed by atoms with Crippen LogP contribution in [0.4, 0.5) is 5.69 Å². The predicted molar refractivity (Wildman–Crippen MR) is 112 cm³/mol. The summed E-state index contributed by atoms with van der Waals surface area (Å²) in [6.07, 6.45) is 5.30. The molecule has 35 heavy (non-hydrogen) atoms. The third-order valence-electron chi connectivity index (χ3n) is 1.75. The molecule has 0 aromatic heterocycles. The van der Waals surface area contributed by atoms with Crippen molar-refractivity contribution in [2.45, 2.75) is 13.8 Å². The van der Waals surface area contributed by atoms with Gasteiger partial charge in [0.1, 0.15) is 0 Å². The number of hydrogen-bond acceptors (Lipinski definition) is 0. The summed E-state index contributed by atoms with van der Waals surface area (Å²) >= 11 is 1.73. The van der Waals surface area contributed by atoms with Gasteiger partial charge in [-0.15, -0.1) is 0 Å². The van der Waals surface area contributed by atoms with Gasteiger partial charge in [-0.1, -0.05) is 0 Å². The summed E-state index contributed by atoms with van der Waals surface area (Å²) in [5.41, 5.74) is 4.28. The van der Waals surface area contributed by atoms with Crippen LogP contribution in [-0.4, -0.2) is 98.6 Å². The van der Waals surface area contributed by atoms with Crippen LogP contribution >= 0.6 is 0 Å². The minimum Gasteiger partial charge on any atom is -0.412 e. The number of terminal acetylenes is 1. The molecule has 0 aliphatic heterocycles. The van der Waals surface area contributed by atoms with Crippen molar-refractivity contribution in [3.05, 3.63) is 32.1 Å². The van der Waals surface area contributed by atoms with Gasteiger partial charge in [-0.3, -0.25) is 0 Å². The van der Waals surface area contributed by atoms with Gasteiger partial charge in [0.2, 0.25) is 0 Å². The second kappa shape index (κ2) is 136. The minimum atomic E-state index is 0. The van der Waals surface area contributed by atoms with E-state index in [9.17, 15) is 0 Å². The van der Waals surface area contributed by atoms with E-state index in [1.807, 2.05) is 26.0 Å². The molecule has 0 saturated carbocycles. The van der Waals surface area contributed by atoms with Crippen LogP contribution in [0.5, 0.6) is 0 Å². The van der Waals surface area contributed by atoms with Crippen LogP contribution in [0.1, 0.15) is 16.7 Å². The SMILES string of the molecule is C#Cc1cc(C)c([N+]#[Mo])c(C)c1.O.O.O.O.O.O.O.O.O.O.O.O.O.O.O.O.O.O.[W].[W].[W].[W].[W]. The fraction of sp³-hybridized carbons (Fsp3) is 0.200. The van der Waals surface area contributed by atoms with Crippen molar-refractivity contribution in [1.29, 1.82) is 0 Å². The Hall–Kier alpha value is 1.90. The summed E-state index contributed by atoms with van der Waals surface area (Å²) in [5, 5.41) is 0. The zero-order chi connectivity index (χ0) is 9.14. The quantitative estimate of drug-likeness (QED) is 0.173. The molecule has 19 nitrogen and oxygen atoms in total. The van der Waals surface area contributed by atoms with E-state index in [0.29, 0.717) is 0 Å². The van der Waals surface area contributed by atoms with Gasteiger partial charge in [0.15, 0.2) is 0 Å². The number of rotatable bonds is 0. The van der Waals surface area contributed by atoms with Gasteiger partial charge in [0, 0.05) is 105 Å². The van der Waals surface area contributed by atoms with Crippen molar-refractivity contribution >= 4 is 5.69 Å². The standard InChI is InChI=1S/C10H9N.Mo.18H2O.5W/c1-4-9-5-7(2)10(11)8(3)6-9;;;;;;;;;;;;;;;;;;;;;;;;/h1,5-6H,2-3H3;;18*1H2;;;;;/q+1;;;;;;;;;;;;;;;;;;;;;;;;. The molecule has 0 amide bonds. The van der Waals surface area contributed by atoms with Gasteiger partial charge in [0.05, 0.1) is 0 Å². The van der Waals surface area contributed by atoms with Gasteiger partial charge in [-0.2, -0.15) is 0 Å². The van der Waals surface area contributed by atoms with Gasteiger partial charge in [-0.25, -0.2) is 0 Å². The summed E-state index contributed by atoms with van der Waals surface area (Å²) in [7, 11) is 0. The first kappa shape index (κ1) is 246. The Balaban J connectivity index is -0.00000000298. The van der Waals surface area contributed by atoms with Crippen molar-refractivity contribution in [3.8, 4) is 12.3 Å². The van der Waals surface area contributed by atoms with Crippen LogP contribution in [0, 0.1) is 26.2 Å². The maximum Gasteiger partial charge on any atom is 0 e. The van der Waals surface area contributed by atoms with E-state index in [4.69, 9.17) is 6.42 Å². The van der Waals surface area contributed by atoms with Crippen molar-refractivity contribution < 1.29 is 223 Å². The van der Waals surface area contributed by atoms with Gasteiger partial charge in [0.25, 0.3) is 0 Å². The molecular weight excluding hydrogens is 1440 g/mol. The van der Waals surface area contributed by atoms with Crippen LogP contribution in [0.3, 0.4) is 0 Å². The summed E-state index contributed by atoms with van der Waals surface area (Å²) in [4.78, 5) is 0. The smallest absolute Gasteiger partial charge is 0 e. The Morgan fingerprint density at radius 1 is 0.514 bits per heavy atom. The fourth-order valence-electron chi connectivity index (χ4n) is 1.18. The molecule has 0 spiro atoms. The second-order valence-corrected chi connectivity index (χ2v) is 3.14. The fourth-order valence-corrected chi connectivity index (χ4v) is 1.89. The molecule has 0 aliphatic rings. The third kappa shape index (κ3) is 86.0. The van der Waals surface area contributed by atoms with Crippen LogP contribution in [0.2, 0.25) is 0 Å². The Labute approximate surface area is 284 Å². The zero-order valence-electron chi connectivity index (χ0n) is 18.1. The van der Waals surface area contributed by atoms with Crippen LogP contribution in [0.25, 0.3) is 3.31 Å². The van der Waals surface area contributed by atoms with Crippen molar-refractivity contribution in [3.63, 3.8) is 0 Å². The molecule has 0 bridgehead atoms. The first-order chi connectivity index (χ1) is 5.69. The molecule has 0 unspecified atom stereocenters. The second-order valence-electron chi connectivity index (χ2n) is 2.69. The predicted octanol–water partition coefficient (Wildman–Crippen LogP) is -12.1.